The maximum absolute atomic E-state index is 12.9. The number of carbonyl (C=O) groups is 2. The third-order valence-corrected chi connectivity index (χ3v) is 5.79. The predicted octanol–water partition coefficient (Wildman–Crippen LogP) is 2.62. The number of hydrogen-bond donors (Lipinski definition) is 1. The molecular weight excluding hydrogens is 326 g/mol. The molecule has 0 saturated carbocycles. The minimum atomic E-state index is -0.499. The minimum absolute atomic E-state index is 0.0270. The first kappa shape index (κ1) is 18.9. The molecule has 0 aromatic heterocycles. The van der Waals surface area contributed by atoms with Gasteiger partial charge >= 0.3 is 0 Å². The van der Waals surface area contributed by atoms with E-state index in [0.717, 1.165) is 38.2 Å². The molecule has 0 radical (unpaired) electrons. The van der Waals surface area contributed by atoms with Gasteiger partial charge in [0.2, 0.25) is 11.8 Å². The lowest BCUT2D eigenvalue weighted by Crippen LogP contribution is -2.45. The Kier molecular flexibility index (Phi) is 5.97. The molecule has 1 atom stereocenters. The Labute approximate surface area is 156 Å². The van der Waals surface area contributed by atoms with Crippen LogP contribution in [0.2, 0.25) is 0 Å². The summed E-state index contributed by atoms with van der Waals surface area (Å²) in [4.78, 5) is 29.4. The van der Waals surface area contributed by atoms with E-state index in [1.165, 1.54) is 5.56 Å². The number of amides is 2. The Morgan fingerprint density at radius 3 is 2.35 bits per heavy atom. The van der Waals surface area contributed by atoms with Crippen LogP contribution in [0.25, 0.3) is 0 Å². The van der Waals surface area contributed by atoms with Crippen molar-refractivity contribution < 1.29 is 9.59 Å². The number of anilines is 1. The number of nitrogens with one attached hydrogen (secondary N) is 1. The van der Waals surface area contributed by atoms with Crippen LogP contribution in [-0.2, 0) is 9.59 Å². The third-order valence-electron chi connectivity index (χ3n) is 5.79. The fraction of sp³-hybridized carbons (Fsp3) is 0.619. The second-order valence-electron chi connectivity index (χ2n) is 7.90. The van der Waals surface area contributed by atoms with E-state index in [1.807, 2.05) is 24.1 Å². The number of hydrogen-bond acceptors (Lipinski definition) is 3. The van der Waals surface area contributed by atoms with E-state index >= 15 is 0 Å². The van der Waals surface area contributed by atoms with Crippen molar-refractivity contribution in [1.29, 1.82) is 0 Å². The van der Waals surface area contributed by atoms with Crippen molar-refractivity contribution in [3.05, 3.63) is 29.8 Å². The van der Waals surface area contributed by atoms with E-state index < -0.39 is 5.92 Å². The van der Waals surface area contributed by atoms with Crippen LogP contribution < -0.4 is 10.2 Å². The molecule has 2 saturated heterocycles. The van der Waals surface area contributed by atoms with Crippen LogP contribution in [0.4, 0.5) is 5.69 Å². The van der Waals surface area contributed by atoms with Gasteiger partial charge in [-0.05, 0) is 62.4 Å². The van der Waals surface area contributed by atoms with Crippen molar-refractivity contribution in [1.82, 2.24) is 10.2 Å². The average molecular weight is 357 g/mol. The molecule has 1 unspecified atom stereocenters. The molecule has 2 aliphatic heterocycles. The normalized spacial score (nSPS) is 21.7. The van der Waals surface area contributed by atoms with Crippen LogP contribution in [0.3, 0.4) is 0 Å². The predicted molar refractivity (Wildman–Crippen MR) is 104 cm³/mol. The zero-order valence-electron chi connectivity index (χ0n) is 16.2. The Hall–Kier alpha value is -1.88. The monoisotopic (exact) mass is 357 g/mol. The standard InChI is InChI=1S/C21H31N3O2/c1-15(2)17-4-6-18(7-5-17)24-13-10-19(21(24)26)20(25)23-11-8-16(9-12-23)14-22-3/h4-7,15-16,19,22H,8-14H2,1-3H3. The molecule has 0 spiro atoms. The highest BCUT2D eigenvalue weighted by molar-refractivity contribution is 6.09. The summed E-state index contributed by atoms with van der Waals surface area (Å²) in [5, 5.41) is 3.21. The Bertz CT molecular complexity index is 633. The summed E-state index contributed by atoms with van der Waals surface area (Å²) in [6, 6.07) is 8.16. The van der Waals surface area contributed by atoms with Crippen molar-refractivity contribution >= 4 is 17.5 Å². The van der Waals surface area contributed by atoms with Crippen molar-refractivity contribution in [2.75, 3.05) is 38.1 Å². The minimum Gasteiger partial charge on any atom is -0.342 e. The lowest BCUT2D eigenvalue weighted by molar-refractivity contribution is -0.141. The molecule has 0 bridgehead atoms. The molecule has 1 aromatic carbocycles. The molecule has 26 heavy (non-hydrogen) atoms. The van der Waals surface area contributed by atoms with Gasteiger partial charge in [0.05, 0.1) is 0 Å². The molecule has 1 aromatic rings. The molecule has 2 aliphatic rings. The number of rotatable bonds is 5. The van der Waals surface area contributed by atoms with Crippen LogP contribution in [0.15, 0.2) is 24.3 Å². The summed E-state index contributed by atoms with van der Waals surface area (Å²) in [7, 11) is 1.97. The van der Waals surface area contributed by atoms with Gasteiger partial charge in [-0.3, -0.25) is 9.59 Å². The van der Waals surface area contributed by atoms with E-state index in [-0.39, 0.29) is 11.8 Å². The quantitative estimate of drug-likeness (QED) is 0.824. The van der Waals surface area contributed by atoms with Crippen molar-refractivity contribution in [2.45, 2.75) is 39.0 Å². The number of likely N-dealkylation sites (tertiary alicyclic amines) is 1. The van der Waals surface area contributed by atoms with E-state index in [4.69, 9.17) is 0 Å². The molecule has 2 heterocycles. The van der Waals surface area contributed by atoms with Gasteiger partial charge in [-0.2, -0.15) is 0 Å². The molecule has 1 N–H and O–H groups in total. The van der Waals surface area contributed by atoms with Gasteiger partial charge in [0.25, 0.3) is 0 Å². The lowest BCUT2D eigenvalue weighted by Gasteiger charge is -2.33. The molecule has 142 valence electrons. The molecule has 0 aliphatic carbocycles. The van der Waals surface area contributed by atoms with Crippen LogP contribution in [0.5, 0.6) is 0 Å². The largest absolute Gasteiger partial charge is 0.342 e. The second-order valence-corrected chi connectivity index (χ2v) is 7.90. The van der Waals surface area contributed by atoms with Gasteiger partial charge in [0.15, 0.2) is 0 Å². The van der Waals surface area contributed by atoms with Gasteiger partial charge in [0.1, 0.15) is 5.92 Å². The molecule has 5 heteroatoms. The first-order valence-electron chi connectivity index (χ1n) is 9.86. The summed E-state index contributed by atoms with van der Waals surface area (Å²) in [5.41, 5.74) is 2.17. The molecule has 2 fully saturated rings. The number of nitrogens with zero attached hydrogens (tertiary/aromatic N) is 2. The SMILES string of the molecule is CNCC1CCN(C(=O)C2CCN(c3ccc(C(C)C)cc3)C2=O)CC1. The maximum atomic E-state index is 12.9. The van der Waals surface area contributed by atoms with Gasteiger partial charge < -0.3 is 15.1 Å². The fourth-order valence-corrected chi connectivity index (χ4v) is 4.07. The van der Waals surface area contributed by atoms with E-state index in [0.29, 0.717) is 24.8 Å². The summed E-state index contributed by atoms with van der Waals surface area (Å²) in [5.74, 6) is 0.599. The first-order valence-corrected chi connectivity index (χ1v) is 9.86. The molecular formula is C21H31N3O2. The van der Waals surface area contributed by atoms with Crippen LogP contribution in [-0.4, -0.2) is 49.9 Å². The zero-order valence-corrected chi connectivity index (χ0v) is 16.2. The van der Waals surface area contributed by atoms with Crippen LogP contribution in [0, 0.1) is 11.8 Å². The van der Waals surface area contributed by atoms with Gasteiger partial charge in [-0.25, -0.2) is 0 Å². The topological polar surface area (TPSA) is 52.7 Å². The summed E-state index contributed by atoms with van der Waals surface area (Å²) >= 11 is 0. The Morgan fingerprint density at radius 2 is 1.77 bits per heavy atom. The number of carbonyl (C=O) groups excluding carboxylic acids is 2. The molecule has 3 rings (SSSR count). The maximum Gasteiger partial charge on any atom is 0.239 e. The van der Waals surface area contributed by atoms with Gasteiger partial charge in [-0.15, -0.1) is 0 Å². The second kappa shape index (κ2) is 8.21. The number of piperidine rings is 1. The van der Waals surface area contributed by atoms with E-state index in [1.54, 1.807) is 4.90 Å². The molecule has 5 nitrogen and oxygen atoms in total. The average Bonchev–Trinajstić information content (AvgIpc) is 3.03. The first-order chi connectivity index (χ1) is 12.5. The smallest absolute Gasteiger partial charge is 0.239 e. The van der Waals surface area contributed by atoms with Crippen molar-refractivity contribution in [3.63, 3.8) is 0 Å². The lowest BCUT2D eigenvalue weighted by atomic mass is 9.95. The van der Waals surface area contributed by atoms with E-state index in [9.17, 15) is 9.59 Å². The van der Waals surface area contributed by atoms with Crippen LogP contribution >= 0.6 is 0 Å². The summed E-state index contributed by atoms with van der Waals surface area (Å²) in [6.07, 6.45) is 2.67. The Balaban J connectivity index is 1.61. The van der Waals surface area contributed by atoms with Crippen molar-refractivity contribution in [2.24, 2.45) is 11.8 Å². The Morgan fingerprint density at radius 1 is 1.12 bits per heavy atom. The molecule has 2 amide bonds. The fourth-order valence-electron chi connectivity index (χ4n) is 4.07. The van der Waals surface area contributed by atoms with Crippen molar-refractivity contribution in [3.8, 4) is 0 Å². The highest BCUT2D eigenvalue weighted by Gasteiger charge is 2.40. The van der Waals surface area contributed by atoms with E-state index in [2.05, 4.69) is 31.3 Å². The zero-order chi connectivity index (χ0) is 18.7. The highest BCUT2D eigenvalue weighted by atomic mass is 16.2. The third kappa shape index (κ3) is 3.93. The summed E-state index contributed by atoms with van der Waals surface area (Å²) < 4.78 is 0. The highest BCUT2D eigenvalue weighted by Crippen LogP contribution is 2.29. The number of benzene rings is 1. The van der Waals surface area contributed by atoms with Crippen LogP contribution in [0.1, 0.15) is 44.6 Å². The van der Waals surface area contributed by atoms with Gasteiger partial charge in [0, 0.05) is 25.3 Å². The summed E-state index contributed by atoms with van der Waals surface area (Å²) in [6.45, 7) is 7.50. The van der Waals surface area contributed by atoms with Gasteiger partial charge in [-0.1, -0.05) is 26.0 Å².